The number of hydrogen-bond donors (Lipinski definition) is 1. The highest BCUT2D eigenvalue weighted by Gasteiger charge is 2.01. The summed E-state index contributed by atoms with van der Waals surface area (Å²) in [5, 5.41) is 9.52. The molecule has 0 saturated heterocycles. The molecule has 2 rings (SSSR count). The molecule has 0 aliphatic rings. The van der Waals surface area contributed by atoms with Crippen LogP contribution in [-0.4, -0.2) is 5.11 Å². The molecule has 0 atom stereocenters. The van der Waals surface area contributed by atoms with E-state index < -0.39 is 0 Å². The van der Waals surface area contributed by atoms with Crippen molar-refractivity contribution in [1.29, 1.82) is 0 Å². The van der Waals surface area contributed by atoms with Crippen molar-refractivity contribution in [3.63, 3.8) is 0 Å². The number of benzene rings is 2. The lowest BCUT2D eigenvalue weighted by atomic mass is 10.2. The molecule has 2 aromatic rings. The van der Waals surface area contributed by atoms with Crippen molar-refractivity contribution in [3.8, 4) is 29.6 Å². The molecule has 2 heteroatoms. The Morgan fingerprint density at radius 2 is 1.69 bits per heavy atom. The van der Waals surface area contributed by atoms with Gasteiger partial charge in [0.1, 0.15) is 5.75 Å². The van der Waals surface area contributed by atoms with Gasteiger partial charge in [0, 0.05) is 5.56 Å². The monoisotopic (exact) mass is 210 g/mol. The molecule has 0 unspecified atom stereocenters. The summed E-state index contributed by atoms with van der Waals surface area (Å²) in [6.45, 7) is 0. The maximum Gasteiger partial charge on any atom is 0.169 e. The Hall–Kier alpha value is -2.40. The molecule has 0 aromatic heterocycles. The lowest BCUT2D eigenvalue weighted by Gasteiger charge is -2.06. The third kappa shape index (κ3) is 2.15. The Kier molecular flexibility index (Phi) is 2.79. The summed E-state index contributed by atoms with van der Waals surface area (Å²) in [4.78, 5) is 0. The van der Waals surface area contributed by atoms with E-state index >= 15 is 0 Å². The van der Waals surface area contributed by atoms with E-state index in [9.17, 15) is 5.11 Å². The lowest BCUT2D eigenvalue weighted by molar-refractivity contribution is 0.411. The molecule has 0 amide bonds. The van der Waals surface area contributed by atoms with E-state index in [-0.39, 0.29) is 5.75 Å². The SMILES string of the molecule is C#Cc1ccc(Oc2ccccc2O)cc1. The number of terminal acetylenes is 1. The number of ether oxygens (including phenoxy) is 1. The molecule has 0 spiro atoms. The van der Waals surface area contributed by atoms with Gasteiger partial charge in [-0.05, 0) is 36.4 Å². The summed E-state index contributed by atoms with van der Waals surface area (Å²) < 4.78 is 5.49. The van der Waals surface area contributed by atoms with Crippen LogP contribution in [0.4, 0.5) is 0 Å². The zero-order valence-corrected chi connectivity index (χ0v) is 8.55. The van der Waals surface area contributed by atoms with Crippen molar-refractivity contribution in [1.82, 2.24) is 0 Å². The Bertz CT molecular complexity index is 521. The predicted molar refractivity (Wildman–Crippen MR) is 62.6 cm³/mol. The number of phenolic OH excluding ortho intramolecular Hbond substituents is 1. The fourth-order valence-electron chi connectivity index (χ4n) is 1.29. The van der Waals surface area contributed by atoms with Gasteiger partial charge in [-0.25, -0.2) is 0 Å². The average molecular weight is 210 g/mol. The summed E-state index contributed by atoms with van der Waals surface area (Å²) in [5.41, 5.74) is 0.796. The van der Waals surface area contributed by atoms with Crippen LogP contribution in [0.3, 0.4) is 0 Å². The Morgan fingerprint density at radius 3 is 2.31 bits per heavy atom. The van der Waals surface area contributed by atoms with E-state index in [0.717, 1.165) is 5.56 Å². The van der Waals surface area contributed by atoms with Crippen molar-refractivity contribution < 1.29 is 9.84 Å². The van der Waals surface area contributed by atoms with Gasteiger partial charge in [0.15, 0.2) is 11.5 Å². The molecule has 0 bridgehead atoms. The minimum atomic E-state index is 0.114. The van der Waals surface area contributed by atoms with Gasteiger partial charge in [0.05, 0.1) is 0 Å². The summed E-state index contributed by atoms with van der Waals surface area (Å²) >= 11 is 0. The standard InChI is InChI=1S/C14H10O2/c1-2-11-7-9-12(10-8-11)16-14-6-4-3-5-13(14)15/h1,3-10,15H. The lowest BCUT2D eigenvalue weighted by Crippen LogP contribution is -1.84. The molecular weight excluding hydrogens is 200 g/mol. The number of rotatable bonds is 2. The molecule has 0 saturated carbocycles. The Balaban J connectivity index is 2.22. The minimum Gasteiger partial charge on any atom is -0.504 e. The predicted octanol–water partition coefficient (Wildman–Crippen LogP) is 3.17. The van der Waals surface area contributed by atoms with E-state index in [2.05, 4.69) is 5.92 Å². The van der Waals surface area contributed by atoms with Crippen LogP contribution < -0.4 is 4.74 Å². The number of aromatic hydroxyl groups is 1. The van der Waals surface area contributed by atoms with Crippen LogP contribution in [0.1, 0.15) is 5.56 Å². The molecule has 0 fully saturated rings. The second-order valence-electron chi connectivity index (χ2n) is 3.24. The van der Waals surface area contributed by atoms with E-state index in [4.69, 9.17) is 11.2 Å². The van der Waals surface area contributed by atoms with Crippen LogP contribution in [0.15, 0.2) is 48.5 Å². The largest absolute Gasteiger partial charge is 0.504 e. The van der Waals surface area contributed by atoms with Crippen LogP contribution in [0.25, 0.3) is 0 Å². The third-order valence-corrected chi connectivity index (χ3v) is 2.11. The van der Waals surface area contributed by atoms with Crippen molar-refractivity contribution in [3.05, 3.63) is 54.1 Å². The van der Waals surface area contributed by atoms with Gasteiger partial charge >= 0.3 is 0 Å². The quantitative estimate of drug-likeness (QED) is 0.771. The maximum atomic E-state index is 9.52. The molecule has 16 heavy (non-hydrogen) atoms. The topological polar surface area (TPSA) is 29.5 Å². The molecule has 0 aliphatic carbocycles. The fourth-order valence-corrected chi connectivity index (χ4v) is 1.29. The average Bonchev–Trinajstić information content (AvgIpc) is 2.33. The number of hydrogen-bond acceptors (Lipinski definition) is 2. The molecule has 0 radical (unpaired) electrons. The highest BCUT2D eigenvalue weighted by atomic mass is 16.5. The van der Waals surface area contributed by atoms with Crippen molar-refractivity contribution in [2.24, 2.45) is 0 Å². The zero-order chi connectivity index (χ0) is 11.4. The molecule has 2 aromatic carbocycles. The van der Waals surface area contributed by atoms with Gasteiger partial charge in [0.2, 0.25) is 0 Å². The van der Waals surface area contributed by atoms with Gasteiger partial charge in [-0.15, -0.1) is 6.42 Å². The first-order chi connectivity index (χ1) is 7.79. The Labute approximate surface area is 94.1 Å². The first-order valence-corrected chi connectivity index (χ1v) is 4.82. The van der Waals surface area contributed by atoms with E-state index in [1.54, 1.807) is 48.5 Å². The van der Waals surface area contributed by atoms with E-state index in [1.807, 2.05) is 0 Å². The molecule has 78 valence electrons. The van der Waals surface area contributed by atoms with Crippen molar-refractivity contribution >= 4 is 0 Å². The fraction of sp³-hybridized carbons (Fsp3) is 0. The van der Waals surface area contributed by atoms with Crippen LogP contribution in [-0.2, 0) is 0 Å². The van der Waals surface area contributed by atoms with Crippen LogP contribution in [0, 0.1) is 12.3 Å². The van der Waals surface area contributed by atoms with Crippen LogP contribution in [0.5, 0.6) is 17.2 Å². The van der Waals surface area contributed by atoms with E-state index in [0.29, 0.717) is 11.5 Å². The smallest absolute Gasteiger partial charge is 0.169 e. The highest BCUT2D eigenvalue weighted by Crippen LogP contribution is 2.29. The van der Waals surface area contributed by atoms with E-state index in [1.165, 1.54) is 0 Å². The van der Waals surface area contributed by atoms with Crippen molar-refractivity contribution in [2.45, 2.75) is 0 Å². The zero-order valence-electron chi connectivity index (χ0n) is 8.55. The minimum absolute atomic E-state index is 0.114. The summed E-state index contributed by atoms with van der Waals surface area (Å²) in [6, 6.07) is 13.9. The van der Waals surface area contributed by atoms with Gasteiger partial charge in [-0.2, -0.15) is 0 Å². The summed E-state index contributed by atoms with van der Waals surface area (Å²) in [6.07, 6.45) is 5.25. The van der Waals surface area contributed by atoms with Crippen molar-refractivity contribution in [2.75, 3.05) is 0 Å². The normalized spacial score (nSPS) is 9.44. The molecular formula is C14H10O2. The first kappa shape index (κ1) is 10.1. The molecule has 2 nitrogen and oxygen atoms in total. The second kappa shape index (κ2) is 4.41. The van der Waals surface area contributed by atoms with Gasteiger partial charge in [-0.3, -0.25) is 0 Å². The Morgan fingerprint density at radius 1 is 1.00 bits per heavy atom. The van der Waals surface area contributed by atoms with Crippen LogP contribution >= 0.6 is 0 Å². The molecule has 0 heterocycles. The highest BCUT2D eigenvalue weighted by molar-refractivity contribution is 5.43. The summed E-state index contributed by atoms with van der Waals surface area (Å²) in [7, 11) is 0. The maximum absolute atomic E-state index is 9.52. The van der Waals surface area contributed by atoms with Gasteiger partial charge in [0.25, 0.3) is 0 Å². The van der Waals surface area contributed by atoms with Gasteiger partial charge < -0.3 is 9.84 Å². The number of para-hydroxylation sites is 2. The second-order valence-corrected chi connectivity index (χ2v) is 3.24. The number of phenols is 1. The third-order valence-electron chi connectivity index (χ3n) is 2.11. The first-order valence-electron chi connectivity index (χ1n) is 4.82. The summed E-state index contributed by atoms with van der Waals surface area (Å²) in [5.74, 6) is 3.71. The van der Waals surface area contributed by atoms with Crippen LogP contribution in [0.2, 0.25) is 0 Å². The van der Waals surface area contributed by atoms with Gasteiger partial charge in [-0.1, -0.05) is 18.1 Å². The molecule has 0 aliphatic heterocycles. The molecule has 1 N–H and O–H groups in total.